The summed E-state index contributed by atoms with van der Waals surface area (Å²) in [6.07, 6.45) is 0. The van der Waals surface area contributed by atoms with Crippen LogP contribution < -0.4 is 5.32 Å². The van der Waals surface area contributed by atoms with Crippen molar-refractivity contribution in [3.05, 3.63) is 60.2 Å². The largest absolute Gasteiger partial charge is 0.355 e. The Kier molecular flexibility index (Phi) is 6.70. The molecular formula is C17H19NOS2. The third-order valence-corrected chi connectivity index (χ3v) is 5.08. The van der Waals surface area contributed by atoms with Crippen molar-refractivity contribution >= 4 is 29.4 Å². The van der Waals surface area contributed by atoms with Gasteiger partial charge in [0.05, 0.1) is 5.75 Å². The van der Waals surface area contributed by atoms with Gasteiger partial charge in [-0.25, -0.2) is 0 Å². The average molecular weight is 317 g/mol. The molecule has 0 heterocycles. The number of thioether (sulfide) groups is 2. The van der Waals surface area contributed by atoms with Gasteiger partial charge in [0.15, 0.2) is 0 Å². The summed E-state index contributed by atoms with van der Waals surface area (Å²) in [5.41, 5.74) is 1.22. The highest BCUT2D eigenvalue weighted by atomic mass is 32.2. The van der Waals surface area contributed by atoms with E-state index < -0.39 is 0 Å². The van der Waals surface area contributed by atoms with E-state index >= 15 is 0 Å². The van der Waals surface area contributed by atoms with Gasteiger partial charge < -0.3 is 5.32 Å². The molecular weight excluding hydrogens is 298 g/mol. The second-order valence-electron chi connectivity index (χ2n) is 4.57. The van der Waals surface area contributed by atoms with Crippen molar-refractivity contribution in [3.63, 3.8) is 0 Å². The summed E-state index contributed by atoms with van der Waals surface area (Å²) in [5, 5.41) is 2.96. The molecule has 0 aliphatic rings. The lowest BCUT2D eigenvalue weighted by molar-refractivity contribution is -0.118. The summed E-state index contributed by atoms with van der Waals surface area (Å²) in [6, 6.07) is 18.4. The maximum atomic E-state index is 11.8. The Morgan fingerprint density at radius 1 is 1.00 bits per heavy atom. The fourth-order valence-electron chi connectivity index (χ4n) is 1.79. The maximum Gasteiger partial charge on any atom is 0.230 e. The molecule has 1 N–H and O–H groups in total. The highest BCUT2D eigenvalue weighted by Gasteiger charge is 2.04. The number of hydrogen-bond donors (Lipinski definition) is 1. The third kappa shape index (κ3) is 5.86. The van der Waals surface area contributed by atoms with Crippen LogP contribution in [-0.2, 0) is 4.79 Å². The van der Waals surface area contributed by atoms with Crippen LogP contribution in [0.15, 0.2) is 64.4 Å². The van der Waals surface area contributed by atoms with E-state index in [1.165, 1.54) is 15.4 Å². The normalized spacial score (nSPS) is 10.3. The van der Waals surface area contributed by atoms with Crippen molar-refractivity contribution in [2.24, 2.45) is 0 Å². The molecule has 110 valence electrons. The Bertz CT molecular complexity index is 572. The number of benzene rings is 2. The SMILES string of the molecule is Cc1ccccc1SCC(=O)NCCSc1ccccc1. The molecule has 0 aliphatic carbocycles. The molecule has 2 aromatic rings. The van der Waals surface area contributed by atoms with Crippen molar-refractivity contribution in [1.82, 2.24) is 5.32 Å². The first-order valence-electron chi connectivity index (χ1n) is 6.88. The molecule has 4 heteroatoms. The summed E-state index contributed by atoms with van der Waals surface area (Å²) < 4.78 is 0. The molecule has 0 bridgehead atoms. The third-order valence-electron chi connectivity index (χ3n) is 2.89. The first-order valence-corrected chi connectivity index (χ1v) is 8.86. The molecule has 0 unspecified atom stereocenters. The van der Waals surface area contributed by atoms with Crippen LogP contribution in [0, 0.1) is 6.92 Å². The van der Waals surface area contributed by atoms with Crippen molar-refractivity contribution in [1.29, 1.82) is 0 Å². The maximum absolute atomic E-state index is 11.8. The molecule has 0 radical (unpaired) electrons. The molecule has 2 rings (SSSR count). The Hall–Kier alpha value is -1.39. The molecule has 2 nitrogen and oxygen atoms in total. The standard InChI is InChI=1S/C17H19NOS2/c1-14-7-5-6-10-16(14)21-13-17(19)18-11-12-20-15-8-3-2-4-9-15/h2-10H,11-13H2,1H3,(H,18,19). The minimum absolute atomic E-state index is 0.0944. The lowest BCUT2D eigenvalue weighted by Gasteiger charge is -2.07. The first kappa shape index (κ1) is 16.0. The molecule has 0 aromatic heterocycles. The number of hydrogen-bond acceptors (Lipinski definition) is 3. The lowest BCUT2D eigenvalue weighted by Crippen LogP contribution is -2.27. The van der Waals surface area contributed by atoms with Gasteiger partial charge in [-0.1, -0.05) is 36.4 Å². The second-order valence-corrected chi connectivity index (χ2v) is 6.75. The lowest BCUT2D eigenvalue weighted by atomic mass is 10.2. The molecule has 0 aliphatic heterocycles. The smallest absolute Gasteiger partial charge is 0.230 e. The Morgan fingerprint density at radius 3 is 2.48 bits per heavy atom. The van der Waals surface area contributed by atoms with Gasteiger partial charge in [-0.05, 0) is 30.7 Å². The fourth-order valence-corrected chi connectivity index (χ4v) is 3.44. The molecule has 0 saturated carbocycles. The van der Waals surface area contributed by atoms with Crippen LogP contribution in [0.5, 0.6) is 0 Å². The van der Waals surface area contributed by atoms with Gasteiger partial charge in [0.25, 0.3) is 0 Å². The predicted octanol–water partition coefficient (Wildman–Crippen LogP) is 4.00. The highest BCUT2D eigenvalue weighted by molar-refractivity contribution is 8.00. The van der Waals surface area contributed by atoms with Crippen LogP contribution in [0.4, 0.5) is 0 Å². The Morgan fingerprint density at radius 2 is 1.71 bits per heavy atom. The highest BCUT2D eigenvalue weighted by Crippen LogP contribution is 2.21. The van der Waals surface area contributed by atoms with Crippen molar-refractivity contribution < 1.29 is 4.79 Å². The van der Waals surface area contributed by atoms with E-state index in [2.05, 4.69) is 36.5 Å². The number of rotatable bonds is 7. The number of aryl methyl sites for hydroxylation is 1. The Labute approximate surface area is 134 Å². The summed E-state index contributed by atoms with van der Waals surface area (Å²) in [7, 11) is 0. The van der Waals surface area contributed by atoms with Crippen molar-refractivity contribution in [2.75, 3.05) is 18.1 Å². The topological polar surface area (TPSA) is 29.1 Å². The second kappa shape index (κ2) is 8.80. The summed E-state index contributed by atoms with van der Waals surface area (Å²) in [4.78, 5) is 14.2. The first-order chi connectivity index (χ1) is 10.3. The van der Waals surface area contributed by atoms with Crippen LogP contribution in [0.25, 0.3) is 0 Å². The van der Waals surface area contributed by atoms with Crippen molar-refractivity contribution in [2.45, 2.75) is 16.7 Å². The van der Waals surface area contributed by atoms with Crippen LogP contribution in [0.3, 0.4) is 0 Å². The van der Waals surface area contributed by atoms with E-state index in [4.69, 9.17) is 0 Å². The zero-order valence-electron chi connectivity index (χ0n) is 12.0. The van der Waals surface area contributed by atoms with Gasteiger partial charge in [-0.3, -0.25) is 4.79 Å². The average Bonchev–Trinajstić information content (AvgIpc) is 2.52. The minimum Gasteiger partial charge on any atom is -0.355 e. The van der Waals surface area contributed by atoms with Gasteiger partial charge in [-0.15, -0.1) is 23.5 Å². The molecule has 0 atom stereocenters. The molecule has 2 aromatic carbocycles. The van der Waals surface area contributed by atoms with E-state index in [9.17, 15) is 4.79 Å². The number of nitrogens with one attached hydrogen (secondary N) is 1. The van der Waals surface area contributed by atoms with Crippen LogP contribution >= 0.6 is 23.5 Å². The van der Waals surface area contributed by atoms with Crippen LogP contribution in [0.2, 0.25) is 0 Å². The van der Waals surface area contributed by atoms with Crippen LogP contribution in [0.1, 0.15) is 5.56 Å². The zero-order chi connectivity index (χ0) is 14.9. The molecule has 1 amide bonds. The summed E-state index contributed by atoms with van der Waals surface area (Å²) in [5.74, 6) is 1.46. The molecule has 0 spiro atoms. The number of amides is 1. The summed E-state index contributed by atoms with van der Waals surface area (Å²) >= 11 is 3.35. The van der Waals surface area contributed by atoms with Gasteiger partial charge in [0.2, 0.25) is 5.91 Å². The predicted molar refractivity (Wildman–Crippen MR) is 92.1 cm³/mol. The molecule has 0 fully saturated rings. The van der Waals surface area contributed by atoms with Gasteiger partial charge in [0.1, 0.15) is 0 Å². The van der Waals surface area contributed by atoms with E-state index in [1.807, 2.05) is 30.3 Å². The van der Waals surface area contributed by atoms with Gasteiger partial charge >= 0.3 is 0 Å². The van der Waals surface area contributed by atoms with Gasteiger partial charge in [-0.2, -0.15) is 0 Å². The van der Waals surface area contributed by atoms with E-state index in [0.29, 0.717) is 12.3 Å². The van der Waals surface area contributed by atoms with E-state index in [1.54, 1.807) is 23.5 Å². The minimum atomic E-state index is 0.0944. The molecule has 0 saturated heterocycles. The van der Waals surface area contributed by atoms with E-state index in [-0.39, 0.29) is 5.91 Å². The van der Waals surface area contributed by atoms with Crippen LogP contribution in [-0.4, -0.2) is 24.0 Å². The fraction of sp³-hybridized carbons (Fsp3) is 0.235. The van der Waals surface area contributed by atoms with Gasteiger partial charge in [0, 0.05) is 22.1 Å². The quantitative estimate of drug-likeness (QED) is 0.618. The summed E-state index contributed by atoms with van der Waals surface area (Å²) in [6.45, 7) is 2.77. The Balaban J connectivity index is 1.63. The number of carbonyl (C=O) groups is 1. The van der Waals surface area contributed by atoms with E-state index in [0.717, 1.165) is 5.75 Å². The molecule has 21 heavy (non-hydrogen) atoms. The van der Waals surface area contributed by atoms with Crippen molar-refractivity contribution in [3.8, 4) is 0 Å². The monoisotopic (exact) mass is 317 g/mol. The number of carbonyl (C=O) groups excluding carboxylic acids is 1. The zero-order valence-corrected chi connectivity index (χ0v) is 13.7.